The van der Waals surface area contributed by atoms with Crippen LogP contribution in [0.1, 0.15) is 53.4 Å². The average Bonchev–Trinajstić information content (AvgIpc) is 3.15. The molecule has 0 spiro atoms. The molecule has 144 valence electrons. The van der Waals surface area contributed by atoms with Crippen LogP contribution in [-0.2, 0) is 4.74 Å². The zero-order valence-corrected chi connectivity index (χ0v) is 18.3. The third-order valence-electron chi connectivity index (χ3n) is 5.22. The molecule has 1 atom stereocenters. The number of carbonyl (C=O) groups excluding carboxylic acids is 1. The van der Waals surface area contributed by atoms with Gasteiger partial charge in [0.2, 0.25) is 0 Å². The van der Waals surface area contributed by atoms with E-state index in [1.54, 1.807) is 0 Å². The molecule has 0 aromatic heterocycles. The smallest absolute Gasteiger partial charge is 0.410 e. The summed E-state index contributed by atoms with van der Waals surface area (Å²) in [7, 11) is 0. The van der Waals surface area contributed by atoms with E-state index in [0.29, 0.717) is 18.5 Å². The molecule has 0 aromatic carbocycles. The van der Waals surface area contributed by atoms with Crippen LogP contribution in [-0.4, -0.2) is 66.2 Å². The lowest BCUT2D eigenvalue weighted by molar-refractivity contribution is 0.0137. The largest absolute Gasteiger partial charge is 0.444 e. The van der Waals surface area contributed by atoms with Gasteiger partial charge in [0, 0.05) is 26.2 Å². The Balaban J connectivity index is 0.00000225. The molecule has 1 aliphatic carbocycles. The summed E-state index contributed by atoms with van der Waals surface area (Å²) in [6.45, 7) is 12.0. The molecule has 1 unspecified atom stereocenters. The van der Waals surface area contributed by atoms with Crippen molar-refractivity contribution in [1.29, 1.82) is 0 Å². The van der Waals surface area contributed by atoms with Gasteiger partial charge in [-0.3, -0.25) is 4.99 Å². The van der Waals surface area contributed by atoms with Crippen molar-refractivity contribution in [1.82, 2.24) is 15.1 Å². The van der Waals surface area contributed by atoms with Crippen molar-refractivity contribution in [2.75, 3.05) is 32.7 Å². The fraction of sp³-hybridized carbons (Fsp3) is 0.889. The average molecular weight is 464 g/mol. The maximum absolute atomic E-state index is 12.3. The molecule has 1 N–H and O–H groups in total. The Morgan fingerprint density at radius 2 is 2.08 bits per heavy atom. The molecule has 2 heterocycles. The van der Waals surface area contributed by atoms with Gasteiger partial charge in [-0.1, -0.05) is 13.3 Å². The summed E-state index contributed by atoms with van der Waals surface area (Å²) >= 11 is 0. The number of nitrogens with zero attached hydrogens (tertiary/aromatic N) is 3. The van der Waals surface area contributed by atoms with Crippen LogP contribution in [0.15, 0.2) is 4.99 Å². The number of amides is 1. The van der Waals surface area contributed by atoms with Crippen molar-refractivity contribution in [2.24, 2.45) is 10.4 Å². The Bertz CT molecular complexity index is 514. The number of aliphatic imine (C=N–C) groups is 1. The van der Waals surface area contributed by atoms with Gasteiger partial charge in [-0.25, -0.2) is 4.79 Å². The van der Waals surface area contributed by atoms with Crippen LogP contribution < -0.4 is 5.32 Å². The highest BCUT2D eigenvalue weighted by Gasteiger charge is 2.43. The minimum absolute atomic E-state index is 0. The Morgan fingerprint density at radius 3 is 2.68 bits per heavy atom. The molecule has 3 aliphatic rings. The minimum Gasteiger partial charge on any atom is -0.444 e. The van der Waals surface area contributed by atoms with Crippen LogP contribution in [0.3, 0.4) is 0 Å². The van der Waals surface area contributed by atoms with E-state index in [1.807, 2.05) is 25.7 Å². The van der Waals surface area contributed by atoms with Gasteiger partial charge >= 0.3 is 6.09 Å². The number of fused-ring (bicyclic) bond motifs is 1. The number of halogens is 1. The summed E-state index contributed by atoms with van der Waals surface area (Å²) < 4.78 is 5.50. The normalized spacial score (nSPS) is 24.2. The molecule has 0 aromatic rings. The fourth-order valence-corrected chi connectivity index (χ4v) is 3.71. The molecule has 6 nitrogen and oxygen atoms in total. The molecule has 7 heteroatoms. The second-order valence-corrected chi connectivity index (χ2v) is 8.54. The summed E-state index contributed by atoms with van der Waals surface area (Å²) in [4.78, 5) is 21.1. The van der Waals surface area contributed by atoms with Gasteiger partial charge in [-0.05, 0) is 45.4 Å². The molecule has 0 bridgehead atoms. The third kappa shape index (κ3) is 5.14. The third-order valence-corrected chi connectivity index (χ3v) is 5.22. The summed E-state index contributed by atoms with van der Waals surface area (Å²) in [6, 6.07) is 0.287. The quantitative estimate of drug-likeness (QED) is 0.650. The monoisotopic (exact) mass is 464 g/mol. The van der Waals surface area contributed by atoms with Crippen LogP contribution in [0.2, 0.25) is 0 Å². The molecular formula is C18H33IN4O2. The number of guanidine groups is 1. The van der Waals surface area contributed by atoms with Crippen molar-refractivity contribution < 1.29 is 9.53 Å². The maximum Gasteiger partial charge on any atom is 0.410 e. The number of rotatable bonds is 4. The number of piperazine rings is 1. The van der Waals surface area contributed by atoms with E-state index >= 15 is 0 Å². The highest BCUT2D eigenvalue weighted by molar-refractivity contribution is 14.0. The first-order valence-electron chi connectivity index (χ1n) is 9.35. The van der Waals surface area contributed by atoms with Gasteiger partial charge < -0.3 is 19.9 Å². The van der Waals surface area contributed by atoms with Crippen LogP contribution in [0.4, 0.5) is 4.79 Å². The number of ether oxygens (including phenoxy) is 1. The molecular weight excluding hydrogens is 431 g/mol. The van der Waals surface area contributed by atoms with E-state index in [0.717, 1.165) is 25.6 Å². The summed E-state index contributed by atoms with van der Waals surface area (Å²) in [5.41, 5.74) is 0.0820. The number of nitrogens with one attached hydrogen (secondary N) is 1. The van der Waals surface area contributed by atoms with Crippen LogP contribution in [0.5, 0.6) is 0 Å². The Kier molecular flexibility index (Phi) is 6.49. The summed E-state index contributed by atoms with van der Waals surface area (Å²) in [6.07, 6.45) is 5.05. The van der Waals surface area contributed by atoms with Crippen LogP contribution >= 0.6 is 24.0 Å². The fourth-order valence-electron chi connectivity index (χ4n) is 3.71. The van der Waals surface area contributed by atoms with Crippen molar-refractivity contribution in [3.63, 3.8) is 0 Å². The van der Waals surface area contributed by atoms with E-state index in [1.165, 1.54) is 25.7 Å². The predicted molar refractivity (Wildman–Crippen MR) is 111 cm³/mol. The first-order valence-corrected chi connectivity index (χ1v) is 9.35. The SMILES string of the molecule is CCCC1(CNC2=NCC3CN(C(=O)OC(C)(C)C)CCN23)CC1.I. The van der Waals surface area contributed by atoms with Gasteiger partial charge in [-0.2, -0.15) is 0 Å². The maximum atomic E-state index is 12.3. The Hall–Kier alpha value is -0.730. The number of hydrogen-bond acceptors (Lipinski definition) is 5. The minimum atomic E-state index is -0.440. The molecule has 0 radical (unpaired) electrons. The van der Waals surface area contributed by atoms with Crippen molar-refractivity contribution in [2.45, 2.75) is 65.0 Å². The second kappa shape index (κ2) is 7.88. The Labute approximate surface area is 168 Å². The molecule has 2 fully saturated rings. The van der Waals surface area contributed by atoms with E-state index in [4.69, 9.17) is 9.73 Å². The first kappa shape index (κ1) is 20.6. The van der Waals surface area contributed by atoms with Gasteiger partial charge in [0.1, 0.15) is 5.60 Å². The van der Waals surface area contributed by atoms with Crippen molar-refractivity contribution >= 4 is 36.0 Å². The standard InChI is InChI=1S/C18H32N4O2.HI/c1-5-6-18(7-8-18)13-20-15-19-11-14-12-21(9-10-22(14)15)16(23)24-17(2,3)4;/h14H,5-13H2,1-4H3,(H,19,20);1H. The van der Waals surface area contributed by atoms with E-state index in [9.17, 15) is 4.79 Å². The van der Waals surface area contributed by atoms with Crippen LogP contribution in [0.25, 0.3) is 0 Å². The van der Waals surface area contributed by atoms with Gasteiger partial charge in [0.15, 0.2) is 5.96 Å². The molecule has 25 heavy (non-hydrogen) atoms. The zero-order chi connectivity index (χ0) is 17.4. The lowest BCUT2D eigenvalue weighted by Crippen LogP contribution is -2.57. The predicted octanol–water partition coefficient (Wildman–Crippen LogP) is 3.07. The zero-order valence-electron chi connectivity index (χ0n) is 16.0. The molecule has 2 aliphatic heterocycles. The van der Waals surface area contributed by atoms with E-state index in [2.05, 4.69) is 17.1 Å². The molecule has 3 rings (SSSR count). The lowest BCUT2D eigenvalue weighted by atomic mass is 10.0. The van der Waals surface area contributed by atoms with Gasteiger partial charge in [-0.15, -0.1) is 24.0 Å². The molecule has 1 amide bonds. The molecule has 1 saturated heterocycles. The van der Waals surface area contributed by atoms with Crippen LogP contribution in [0, 0.1) is 5.41 Å². The highest BCUT2D eigenvalue weighted by Crippen LogP contribution is 2.49. The highest BCUT2D eigenvalue weighted by atomic mass is 127. The van der Waals surface area contributed by atoms with E-state index < -0.39 is 5.60 Å². The lowest BCUT2D eigenvalue weighted by Gasteiger charge is -2.39. The summed E-state index contributed by atoms with van der Waals surface area (Å²) in [5.74, 6) is 1.03. The second-order valence-electron chi connectivity index (χ2n) is 8.54. The van der Waals surface area contributed by atoms with Crippen molar-refractivity contribution in [3.05, 3.63) is 0 Å². The van der Waals surface area contributed by atoms with Gasteiger partial charge in [0.05, 0.1) is 12.6 Å². The van der Waals surface area contributed by atoms with E-state index in [-0.39, 0.29) is 36.1 Å². The van der Waals surface area contributed by atoms with Crippen molar-refractivity contribution in [3.8, 4) is 0 Å². The number of carbonyl (C=O) groups is 1. The first-order chi connectivity index (χ1) is 11.3. The summed E-state index contributed by atoms with van der Waals surface area (Å²) in [5, 5.41) is 3.59. The van der Waals surface area contributed by atoms with Gasteiger partial charge in [0.25, 0.3) is 0 Å². The topological polar surface area (TPSA) is 57.2 Å². The number of hydrogen-bond donors (Lipinski definition) is 1. The Morgan fingerprint density at radius 1 is 1.36 bits per heavy atom. The molecule has 1 saturated carbocycles.